The van der Waals surface area contributed by atoms with Crippen molar-refractivity contribution in [3.63, 3.8) is 0 Å². The predicted octanol–water partition coefficient (Wildman–Crippen LogP) is 4.75. The molecule has 160 valence electrons. The summed E-state index contributed by atoms with van der Waals surface area (Å²) >= 11 is 0. The molecule has 6 heteroatoms. The highest BCUT2D eigenvalue weighted by Gasteiger charge is 2.37. The van der Waals surface area contributed by atoms with E-state index in [0.717, 1.165) is 5.56 Å². The summed E-state index contributed by atoms with van der Waals surface area (Å²) in [6.07, 6.45) is 1.09. The molecule has 0 bridgehead atoms. The van der Waals surface area contributed by atoms with Crippen LogP contribution in [0.2, 0.25) is 0 Å². The standard InChI is InChI=1S/C24H30N2O4/c1-14(2)26(16(4)27)13-17-7-9-18(10-8-17)25-23(29)22-15(3)21-19(28)11-24(5,6)12-20(21)30-22/h7-10,14H,11-13H2,1-6H3,(H,25,29). The third kappa shape index (κ3) is 4.48. The van der Waals surface area contributed by atoms with E-state index in [0.29, 0.717) is 42.0 Å². The van der Waals surface area contributed by atoms with Crippen molar-refractivity contribution < 1.29 is 18.8 Å². The lowest BCUT2D eigenvalue weighted by Gasteiger charge is -2.27. The normalized spacial score (nSPS) is 15.1. The number of benzene rings is 1. The molecule has 0 aliphatic heterocycles. The van der Waals surface area contributed by atoms with Crippen LogP contribution in [-0.4, -0.2) is 28.5 Å². The number of hydrogen-bond acceptors (Lipinski definition) is 4. The van der Waals surface area contributed by atoms with E-state index >= 15 is 0 Å². The smallest absolute Gasteiger partial charge is 0.291 e. The number of Topliss-reactive ketones (excluding diaryl/α,β-unsaturated/α-hetero) is 1. The van der Waals surface area contributed by atoms with Crippen molar-refractivity contribution in [2.24, 2.45) is 5.41 Å². The van der Waals surface area contributed by atoms with Gasteiger partial charge in [-0.3, -0.25) is 14.4 Å². The second-order valence-electron chi connectivity index (χ2n) is 9.19. The molecule has 0 unspecified atom stereocenters. The molecule has 0 spiro atoms. The molecule has 0 saturated carbocycles. The van der Waals surface area contributed by atoms with Crippen LogP contribution in [0, 0.1) is 12.3 Å². The van der Waals surface area contributed by atoms with Crippen molar-refractivity contribution in [2.45, 2.75) is 67.0 Å². The Bertz CT molecular complexity index is 983. The number of furan rings is 1. The number of ketones is 1. The summed E-state index contributed by atoms with van der Waals surface area (Å²) in [5.41, 5.74) is 2.61. The van der Waals surface area contributed by atoms with Crippen LogP contribution in [0.3, 0.4) is 0 Å². The Morgan fingerprint density at radius 1 is 1.17 bits per heavy atom. The topological polar surface area (TPSA) is 79.6 Å². The molecule has 1 N–H and O–H groups in total. The van der Waals surface area contributed by atoms with Gasteiger partial charge in [0.05, 0.1) is 5.56 Å². The van der Waals surface area contributed by atoms with Gasteiger partial charge in [0.25, 0.3) is 5.91 Å². The van der Waals surface area contributed by atoms with E-state index in [1.165, 1.54) is 0 Å². The predicted molar refractivity (Wildman–Crippen MR) is 116 cm³/mol. The Morgan fingerprint density at radius 3 is 2.37 bits per heavy atom. The fourth-order valence-corrected chi connectivity index (χ4v) is 4.03. The van der Waals surface area contributed by atoms with Gasteiger partial charge in [0, 0.05) is 43.6 Å². The van der Waals surface area contributed by atoms with Crippen LogP contribution in [-0.2, 0) is 17.8 Å². The molecule has 1 aliphatic rings. The number of anilines is 1. The average molecular weight is 411 g/mol. The lowest BCUT2D eigenvalue weighted by molar-refractivity contribution is -0.131. The molecule has 2 amide bonds. The first-order valence-electron chi connectivity index (χ1n) is 10.3. The van der Waals surface area contributed by atoms with Gasteiger partial charge in [-0.25, -0.2) is 0 Å². The molecule has 1 aromatic carbocycles. The van der Waals surface area contributed by atoms with Gasteiger partial charge < -0.3 is 14.6 Å². The van der Waals surface area contributed by atoms with E-state index in [-0.39, 0.29) is 34.8 Å². The summed E-state index contributed by atoms with van der Waals surface area (Å²) in [6, 6.07) is 7.50. The largest absolute Gasteiger partial charge is 0.455 e. The van der Waals surface area contributed by atoms with Gasteiger partial charge >= 0.3 is 0 Å². The minimum atomic E-state index is -0.368. The molecule has 2 aromatic rings. The fourth-order valence-electron chi connectivity index (χ4n) is 4.03. The van der Waals surface area contributed by atoms with Gasteiger partial charge in [-0.15, -0.1) is 0 Å². The third-order valence-corrected chi connectivity index (χ3v) is 5.58. The average Bonchev–Trinajstić information content (AvgIpc) is 2.95. The number of rotatable bonds is 5. The Hall–Kier alpha value is -2.89. The quantitative estimate of drug-likeness (QED) is 0.771. The zero-order valence-electron chi connectivity index (χ0n) is 18.6. The molecule has 0 saturated heterocycles. The van der Waals surface area contributed by atoms with Crippen molar-refractivity contribution in [3.05, 3.63) is 52.5 Å². The molecular formula is C24H30N2O4. The number of amides is 2. The molecular weight excluding hydrogens is 380 g/mol. The maximum Gasteiger partial charge on any atom is 0.291 e. The SMILES string of the molecule is CC(=O)N(Cc1ccc(NC(=O)c2oc3c(c2C)C(=O)CC(C)(C)C3)cc1)C(C)C. The van der Waals surface area contributed by atoms with E-state index < -0.39 is 0 Å². The first kappa shape index (κ1) is 21.8. The van der Waals surface area contributed by atoms with Crippen molar-refractivity contribution in [1.29, 1.82) is 0 Å². The Kier molecular flexibility index (Phi) is 5.88. The highest BCUT2D eigenvalue weighted by Crippen LogP contribution is 2.38. The number of nitrogens with one attached hydrogen (secondary N) is 1. The van der Waals surface area contributed by atoms with Crippen LogP contribution in [0.1, 0.15) is 78.8 Å². The summed E-state index contributed by atoms with van der Waals surface area (Å²) < 4.78 is 5.83. The summed E-state index contributed by atoms with van der Waals surface area (Å²) in [4.78, 5) is 38.9. The fraction of sp³-hybridized carbons (Fsp3) is 0.458. The van der Waals surface area contributed by atoms with Crippen LogP contribution in [0.4, 0.5) is 5.69 Å². The molecule has 1 aromatic heterocycles. The van der Waals surface area contributed by atoms with E-state index in [1.54, 1.807) is 30.9 Å². The van der Waals surface area contributed by atoms with Crippen LogP contribution in [0.25, 0.3) is 0 Å². The van der Waals surface area contributed by atoms with Crippen LogP contribution < -0.4 is 5.32 Å². The molecule has 1 heterocycles. The van der Waals surface area contributed by atoms with Gasteiger partial charge in [0.15, 0.2) is 11.5 Å². The molecule has 6 nitrogen and oxygen atoms in total. The van der Waals surface area contributed by atoms with Gasteiger partial charge in [0.1, 0.15) is 5.76 Å². The van der Waals surface area contributed by atoms with Crippen LogP contribution in [0.5, 0.6) is 0 Å². The maximum absolute atomic E-state index is 12.8. The molecule has 0 fully saturated rings. The number of carbonyl (C=O) groups excluding carboxylic acids is 3. The highest BCUT2D eigenvalue weighted by atomic mass is 16.4. The Labute approximate surface area is 177 Å². The molecule has 3 rings (SSSR count). The zero-order chi connectivity index (χ0) is 22.2. The minimum Gasteiger partial charge on any atom is -0.455 e. The monoisotopic (exact) mass is 410 g/mol. The second-order valence-corrected chi connectivity index (χ2v) is 9.19. The summed E-state index contributed by atoms with van der Waals surface area (Å²) in [7, 11) is 0. The highest BCUT2D eigenvalue weighted by molar-refractivity contribution is 6.07. The molecule has 30 heavy (non-hydrogen) atoms. The van der Waals surface area contributed by atoms with E-state index in [2.05, 4.69) is 5.32 Å². The van der Waals surface area contributed by atoms with Gasteiger partial charge in [0.2, 0.25) is 5.91 Å². The van der Waals surface area contributed by atoms with Crippen molar-refractivity contribution in [1.82, 2.24) is 4.90 Å². The van der Waals surface area contributed by atoms with Crippen molar-refractivity contribution in [2.75, 3.05) is 5.32 Å². The Morgan fingerprint density at radius 2 is 1.80 bits per heavy atom. The number of carbonyl (C=O) groups is 3. The first-order valence-corrected chi connectivity index (χ1v) is 10.3. The van der Waals surface area contributed by atoms with Gasteiger partial charge in [-0.05, 0) is 43.9 Å². The molecule has 1 aliphatic carbocycles. The van der Waals surface area contributed by atoms with Crippen molar-refractivity contribution >= 4 is 23.3 Å². The summed E-state index contributed by atoms with van der Waals surface area (Å²) in [5, 5.41) is 2.85. The lowest BCUT2D eigenvalue weighted by atomic mass is 9.76. The zero-order valence-corrected chi connectivity index (χ0v) is 18.6. The van der Waals surface area contributed by atoms with Crippen LogP contribution in [0.15, 0.2) is 28.7 Å². The van der Waals surface area contributed by atoms with E-state index in [4.69, 9.17) is 4.42 Å². The third-order valence-electron chi connectivity index (χ3n) is 5.58. The van der Waals surface area contributed by atoms with Crippen molar-refractivity contribution in [3.8, 4) is 0 Å². The summed E-state index contributed by atoms with van der Waals surface area (Å²) in [6.45, 7) is 11.9. The van der Waals surface area contributed by atoms with E-state index in [1.807, 2.05) is 39.8 Å². The maximum atomic E-state index is 12.8. The lowest BCUT2D eigenvalue weighted by Crippen LogP contribution is -2.34. The minimum absolute atomic E-state index is 0.0253. The molecule has 0 radical (unpaired) electrons. The summed E-state index contributed by atoms with van der Waals surface area (Å²) in [5.74, 6) is 0.487. The second kappa shape index (κ2) is 8.09. The number of nitrogens with zero attached hydrogens (tertiary/aromatic N) is 1. The molecule has 0 atom stereocenters. The van der Waals surface area contributed by atoms with Gasteiger partial charge in [-0.2, -0.15) is 0 Å². The Balaban J connectivity index is 1.74. The number of fused-ring (bicyclic) bond motifs is 1. The van der Waals surface area contributed by atoms with Crippen LogP contribution >= 0.6 is 0 Å². The first-order chi connectivity index (χ1) is 14.0. The van der Waals surface area contributed by atoms with Gasteiger partial charge in [-0.1, -0.05) is 26.0 Å². The number of hydrogen-bond donors (Lipinski definition) is 1. The van der Waals surface area contributed by atoms with E-state index in [9.17, 15) is 14.4 Å².